The van der Waals surface area contributed by atoms with Crippen molar-refractivity contribution in [3.05, 3.63) is 58.7 Å². The van der Waals surface area contributed by atoms with Crippen LogP contribution in [0.3, 0.4) is 0 Å². The zero-order valence-corrected chi connectivity index (χ0v) is 18.2. The van der Waals surface area contributed by atoms with Crippen LogP contribution < -0.4 is 0 Å². The number of hydrogen-bond donors (Lipinski definition) is 0. The number of carbonyl (C=O) groups is 1. The van der Waals surface area contributed by atoms with Crippen LogP contribution in [0.1, 0.15) is 31.6 Å². The first-order valence-electron chi connectivity index (χ1n) is 9.58. The van der Waals surface area contributed by atoms with E-state index in [-0.39, 0.29) is 5.92 Å². The van der Waals surface area contributed by atoms with E-state index in [2.05, 4.69) is 40.4 Å². The van der Waals surface area contributed by atoms with Gasteiger partial charge in [-0.2, -0.15) is 0 Å². The molecule has 1 atom stereocenters. The van der Waals surface area contributed by atoms with Crippen LogP contribution in [-0.4, -0.2) is 43.6 Å². The molecule has 1 aliphatic heterocycles. The molecule has 0 bridgehead atoms. The van der Waals surface area contributed by atoms with Crippen molar-refractivity contribution in [2.45, 2.75) is 26.7 Å². The van der Waals surface area contributed by atoms with Crippen LogP contribution in [0.4, 0.5) is 0 Å². The van der Waals surface area contributed by atoms with E-state index in [9.17, 15) is 4.79 Å². The second-order valence-corrected chi connectivity index (χ2v) is 7.43. The second-order valence-electron chi connectivity index (χ2n) is 6.46. The van der Waals surface area contributed by atoms with Gasteiger partial charge in [0.05, 0.1) is 5.71 Å². The highest BCUT2D eigenvalue weighted by atomic mass is 32.1. The molecule has 0 N–H and O–H groups in total. The van der Waals surface area contributed by atoms with Gasteiger partial charge in [0.25, 0.3) is 0 Å². The Kier molecular flexibility index (Phi) is 11.8. The quantitative estimate of drug-likeness (QED) is 0.514. The van der Waals surface area contributed by atoms with E-state index in [1.54, 1.807) is 18.4 Å². The molecule has 3 rings (SSSR count). The first-order chi connectivity index (χ1) is 13.5. The van der Waals surface area contributed by atoms with Gasteiger partial charge < -0.3 is 4.90 Å². The maximum absolute atomic E-state index is 11.4. The van der Waals surface area contributed by atoms with E-state index >= 15 is 0 Å². The van der Waals surface area contributed by atoms with Crippen molar-refractivity contribution < 1.29 is 4.79 Å². The third kappa shape index (κ3) is 9.64. The summed E-state index contributed by atoms with van der Waals surface area (Å²) in [6.45, 7) is 5.96. The Balaban J connectivity index is 0.000000238. The Morgan fingerprint density at radius 3 is 2.61 bits per heavy atom. The summed E-state index contributed by atoms with van der Waals surface area (Å²) in [4.78, 5) is 19.0. The zero-order valence-electron chi connectivity index (χ0n) is 17.4. The van der Waals surface area contributed by atoms with Crippen LogP contribution in [0.15, 0.2) is 52.4 Å². The largest absolute Gasteiger partial charge is 0.306 e. The molecule has 0 unspecified atom stereocenters. The predicted molar refractivity (Wildman–Crippen MR) is 124 cm³/mol. The summed E-state index contributed by atoms with van der Waals surface area (Å²) in [7, 11) is 3.87. The first kappa shape index (κ1) is 23.8. The molecule has 1 saturated heterocycles. The number of allylic oxidation sites excluding steroid dienone is 5. The van der Waals surface area contributed by atoms with Crippen LogP contribution >= 0.6 is 11.3 Å². The standard InChI is InChI=1S/C11H13NS.C9H12NO.C4H6/c1-3-5-10(12-2)7-8-11-6-4-9-13-11;1-10-5-4-8(6-10)9(11)7-2-3-7;1-3-4-2/h3-9H,1-2H3;2-3,8H,4-6H2,1H3;1H,4H2,2H3/b5-3-,8-7+,12-10?;;/t;8-;/m.1./s1. The summed E-state index contributed by atoms with van der Waals surface area (Å²) >= 11 is 1.73. The monoisotopic (exact) mass is 395 g/mol. The van der Waals surface area contributed by atoms with Crippen molar-refractivity contribution in [1.82, 2.24) is 4.90 Å². The predicted octanol–water partition coefficient (Wildman–Crippen LogP) is 5.09. The van der Waals surface area contributed by atoms with E-state index in [1.807, 2.05) is 50.6 Å². The summed E-state index contributed by atoms with van der Waals surface area (Å²) in [6, 6.07) is 4.13. The van der Waals surface area contributed by atoms with E-state index < -0.39 is 0 Å². The third-order valence-corrected chi connectivity index (χ3v) is 4.98. The molecular formula is C24H31N2OS. The average molecular weight is 396 g/mol. The lowest BCUT2D eigenvalue weighted by Crippen LogP contribution is -2.18. The number of nitrogens with zero attached hydrogens (tertiary/aromatic N) is 2. The van der Waals surface area contributed by atoms with Crippen LogP contribution in [0.25, 0.3) is 6.08 Å². The molecule has 1 radical (unpaired) electrons. The van der Waals surface area contributed by atoms with E-state index in [0.29, 0.717) is 5.78 Å². The highest BCUT2D eigenvalue weighted by Crippen LogP contribution is 2.26. The van der Waals surface area contributed by atoms with Gasteiger partial charge in [0, 0.05) is 37.2 Å². The van der Waals surface area contributed by atoms with Crippen LogP contribution in [-0.2, 0) is 4.79 Å². The SMILES string of the molecule is C#CCC.C/C=C\C(/C=C/c1cccs1)=NC.CN1CC[C@@H](C(=O)C2=C[CH]2)C1. The Morgan fingerprint density at radius 2 is 2.18 bits per heavy atom. The van der Waals surface area contributed by atoms with Gasteiger partial charge in [-0.1, -0.05) is 25.1 Å². The topological polar surface area (TPSA) is 32.7 Å². The van der Waals surface area contributed by atoms with Gasteiger partial charge >= 0.3 is 0 Å². The van der Waals surface area contributed by atoms with E-state index in [1.165, 1.54) is 4.88 Å². The fourth-order valence-electron chi connectivity index (χ4n) is 2.52. The number of rotatable bonds is 5. The number of likely N-dealkylation sites (tertiary alicyclic amines) is 1. The lowest BCUT2D eigenvalue weighted by molar-refractivity contribution is -0.118. The fourth-order valence-corrected chi connectivity index (χ4v) is 3.14. The highest BCUT2D eigenvalue weighted by molar-refractivity contribution is 7.10. The molecule has 1 aromatic rings. The van der Waals surface area contributed by atoms with Crippen molar-refractivity contribution in [2.75, 3.05) is 27.2 Å². The minimum Gasteiger partial charge on any atom is -0.306 e. The maximum atomic E-state index is 11.4. The van der Waals surface area contributed by atoms with Gasteiger partial charge in [-0.05, 0) is 62.2 Å². The molecule has 0 spiro atoms. The number of terminal acetylenes is 1. The minimum absolute atomic E-state index is 0.282. The first-order valence-corrected chi connectivity index (χ1v) is 10.5. The van der Waals surface area contributed by atoms with Gasteiger partial charge in [-0.15, -0.1) is 23.7 Å². The molecule has 0 saturated carbocycles. The Morgan fingerprint density at radius 1 is 1.46 bits per heavy atom. The molecule has 2 aliphatic rings. The third-order valence-electron chi connectivity index (χ3n) is 4.14. The Hall–Kier alpha value is -2.22. The number of hydrogen-bond acceptors (Lipinski definition) is 4. The zero-order chi connectivity index (χ0) is 20.8. The van der Waals surface area contributed by atoms with Gasteiger partial charge in [0.2, 0.25) is 0 Å². The number of carbonyl (C=O) groups excluding carboxylic acids is 1. The van der Waals surface area contributed by atoms with Gasteiger partial charge in [0.1, 0.15) is 0 Å². The number of aliphatic imine (C=N–C) groups is 1. The lowest BCUT2D eigenvalue weighted by Gasteiger charge is -2.06. The van der Waals surface area contributed by atoms with Gasteiger partial charge in [-0.25, -0.2) is 0 Å². The highest BCUT2D eigenvalue weighted by Gasteiger charge is 2.30. The molecule has 149 valence electrons. The van der Waals surface area contributed by atoms with Crippen molar-refractivity contribution in [2.24, 2.45) is 10.9 Å². The average Bonchev–Trinajstić information content (AvgIpc) is 3.26. The lowest BCUT2D eigenvalue weighted by atomic mass is 10.0. The molecule has 1 fully saturated rings. The summed E-state index contributed by atoms with van der Waals surface area (Å²) in [5.41, 5.74) is 1.95. The van der Waals surface area contributed by atoms with Crippen LogP contribution in [0, 0.1) is 24.7 Å². The summed E-state index contributed by atoms with van der Waals surface area (Å²) < 4.78 is 0. The molecule has 1 aromatic heterocycles. The number of thiophene rings is 1. The molecule has 28 heavy (non-hydrogen) atoms. The van der Waals surface area contributed by atoms with Gasteiger partial charge in [0.15, 0.2) is 5.78 Å². The molecule has 1 aliphatic carbocycles. The molecule has 0 amide bonds. The van der Waals surface area contributed by atoms with E-state index in [0.717, 1.165) is 37.2 Å². The van der Waals surface area contributed by atoms with Crippen LogP contribution in [0.5, 0.6) is 0 Å². The van der Waals surface area contributed by atoms with Gasteiger partial charge in [-0.3, -0.25) is 9.79 Å². The molecule has 3 nitrogen and oxygen atoms in total. The minimum atomic E-state index is 0.282. The second kappa shape index (κ2) is 13.9. The van der Waals surface area contributed by atoms with Crippen LogP contribution in [0.2, 0.25) is 0 Å². The number of Topliss-reactive ketones (excluding diaryl/α,β-unsaturated/α-hetero) is 1. The molecular weight excluding hydrogens is 364 g/mol. The Labute approximate surface area is 174 Å². The maximum Gasteiger partial charge on any atom is 0.163 e. The molecule has 2 heterocycles. The summed E-state index contributed by atoms with van der Waals surface area (Å²) in [6.07, 6.45) is 18.5. The Bertz CT molecular complexity index is 748. The van der Waals surface area contributed by atoms with Crippen molar-refractivity contribution >= 4 is 28.9 Å². The molecule has 0 aromatic carbocycles. The summed E-state index contributed by atoms with van der Waals surface area (Å²) in [5.74, 6) is 3.07. The van der Waals surface area contributed by atoms with Crippen molar-refractivity contribution in [3.63, 3.8) is 0 Å². The van der Waals surface area contributed by atoms with Crippen molar-refractivity contribution in [3.8, 4) is 12.3 Å². The smallest absolute Gasteiger partial charge is 0.163 e. The fraction of sp³-hybridized carbons (Fsp3) is 0.375. The molecule has 4 heteroatoms. The van der Waals surface area contributed by atoms with Crippen molar-refractivity contribution in [1.29, 1.82) is 0 Å². The summed E-state index contributed by atoms with van der Waals surface area (Å²) in [5, 5.41) is 2.07. The normalized spacial score (nSPS) is 18.8. The number of ketones is 1. The van der Waals surface area contributed by atoms with E-state index in [4.69, 9.17) is 6.42 Å².